The van der Waals surface area contributed by atoms with Crippen LogP contribution in [0.5, 0.6) is 5.75 Å². The molecule has 0 spiro atoms. The van der Waals surface area contributed by atoms with Crippen LogP contribution in [-0.2, 0) is 10.2 Å². The molecule has 3 rings (SSSR count). The van der Waals surface area contributed by atoms with Crippen molar-refractivity contribution in [1.82, 2.24) is 5.32 Å². The van der Waals surface area contributed by atoms with Gasteiger partial charge in [0.05, 0.1) is 13.2 Å². The molecule has 3 atom stereocenters. The first-order valence-electron chi connectivity index (χ1n) is 10.1. The van der Waals surface area contributed by atoms with Crippen molar-refractivity contribution in [2.45, 2.75) is 57.6 Å². The highest BCUT2D eigenvalue weighted by Gasteiger charge is 2.40. The van der Waals surface area contributed by atoms with Crippen molar-refractivity contribution in [3.05, 3.63) is 52.2 Å². The molecule has 0 radical (unpaired) electrons. The second-order valence-corrected chi connectivity index (χ2v) is 9.01. The zero-order valence-electron chi connectivity index (χ0n) is 17.0. The molecule has 148 valence electrons. The SMILES string of the molecule is COc1ccccc1[C@@]1(CCN[C@H](C)c2cccs2)CCO[C@H](C(C)C)C1. The Morgan fingerprint density at radius 1 is 1.22 bits per heavy atom. The van der Waals surface area contributed by atoms with E-state index in [9.17, 15) is 0 Å². The van der Waals surface area contributed by atoms with Crippen LogP contribution in [0.4, 0.5) is 0 Å². The predicted octanol–water partition coefficient (Wildman–Crippen LogP) is 5.57. The van der Waals surface area contributed by atoms with Crippen molar-refractivity contribution >= 4 is 11.3 Å². The van der Waals surface area contributed by atoms with Crippen LogP contribution in [0.25, 0.3) is 0 Å². The fourth-order valence-corrected chi connectivity index (χ4v) is 4.99. The highest BCUT2D eigenvalue weighted by molar-refractivity contribution is 7.10. The Hall–Kier alpha value is -1.36. The number of nitrogens with one attached hydrogen (secondary N) is 1. The smallest absolute Gasteiger partial charge is 0.122 e. The van der Waals surface area contributed by atoms with Gasteiger partial charge in [0, 0.05) is 28.5 Å². The number of para-hydroxylation sites is 1. The lowest BCUT2D eigenvalue weighted by atomic mass is 9.68. The normalized spacial score (nSPS) is 24.1. The zero-order chi connectivity index (χ0) is 19.3. The van der Waals surface area contributed by atoms with Crippen LogP contribution in [0.3, 0.4) is 0 Å². The van der Waals surface area contributed by atoms with Gasteiger partial charge in [0.1, 0.15) is 5.75 Å². The van der Waals surface area contributed by atoms with Gasteiger partial charge in [-0.1, -0.05) is 38.1 Å². The Bertz CT molecular complexity index is 700. The number of benzene rings is 1. The van der Waals surface area contributed by atoms with Gasteiger partial charge in [0.25, 0.3) is 0 Å². The van der Waals surface area contributed by atoms with Crippen molar-refractivity contribution in [3.8, 4) is 5.75 Å². The summed E-state index contributed by atoms with van der Waals surface area (Å²) >= 11 is 1.82. The molecule has 0 aliphatic carbocycles. The molecule has 1 aromatic carbocycles. The lowest BCUT2D eigenvalue weighted by Crippen LogP contribution is -2.43. The number of hydrogen-bond donors (Lipinski definition) is 1. The van der Waals surface area contributed by atoms with Crippen LogP contribution >= 0.6 is 11.3 Å². The Labute approximate surface area is 168 Å². The molecule has 0 unspecified atom stereocenters. The van der Waals surface area contributed by atoms with Gasteiger partial charge in [-0.15, -0.1) is 11.3 Å². The van der Waals surface area contributed by atoms with Crippen LogP contribution < -0.4 is 10.1 Å². The highest BCUT2D eigenvalue weighted by Crippen LogP contribution is 2.45. The van der Waals surface area contributed by atoms with Crippen LogP contribution in [0.15, 0.2) is 41.8 Å². The summed E-state index contributed by atoms with van der Waals surface area (Å²) in [5.74, 6) is 1.53. The molecule has 1 N–H and O–H groups in total. The van der Waals surface area contributed by atoms with Crippen LogP contribution in [-0.4, -0.2) is 26.4 Å². The van der Waals surface area contributed by atoms with E-state index in [0.717, 1.165) is 38.2 Å². The third-order valence-corrected chi connectivity index (χ3v) is 7.01. The van der Waals surface area contributed by atoms with Gasteiger partial charge in [-0.2, -0.15) is 0 Å². The third kappa shape index (κ3) is 4.74. The van der Waals surface area contributed by atoms with E-state index in [1.54, 1.807) is 7.11 Å². The standard InChI is InChI=1S/C23H33NO2S/c1-17(2)21-16-23(12-14-26-21,19-8-5-6-9-20(19)25-4)11-13-24-18(3)22-10-7-15-27-22/h5-10,15,17-18,21,24H,11-14,16H2,1-4H3/t18-,21+,23+/m1/s1. The molecule has 3 nitrogen and oxygen atoms in total. The number of hydrogen-bond acceptors (Lipinski definition) is 4. The largest absolute Gasteiger partial charge is 0.496 e. The van der Waals surface area contributed by atoms with Gasteiger partial charge in [0.15, 0.2) is 0 Å². The molecule has 0 saturated carbocycles. The van der Waals surface area contributed by atoms with Gasteiger partial charge < -0.3 is 14.8 Å². The number of ether oxygens (including phenoxy) is 2. The van der Waals surface area contributed by atoms with E-state index in [4.69, 9.17) is 9.47 Å². The lowest BCUT2D eigenvalue weighted by Gasteiger charge is -2.43. The quantitative estimate of drug-likeness (QED) is 0.642. The molecule has 1 aliphatic rings. The Morgan fingerprint density at radius 3 is 2.74 bits per heavy atom. The molecule has 0 bridgehead atoms. The van der Waals surface area contributed by atoms with E-state index < -0.39 is 0 Å². The minimum atomic E-state index is 0.0992. The van der Waals surface area contributed by atoms with Gasteiger partial charge in [-0.05, 0) is 56.2 Å². The van der Waals surface area contributed by atoms with E-state index in [1.165, 1.54) is 10.4 Å². The van der Waals surface area contributed by atoms with E-state index in [0.29, 0.717) is 18.1 Å². The monoisotopic (exact) mass is 387 g/mol. The van der Waals surface area contributed by atoms with Gasteiger partial charge in [-0.25, -0.2) is 0 Å². The molecule has 0 amide bonds. The first-order valence-corrected chi connectivity index (χ1v) is 11.0. The van der Waals surface area contributed by atoms with Crippen molar-refractivity contribution in [1.29, 1.82) is 0 Å². The van der Waals surface area contributed by atoms with Crippen molar-refractivity contribution in [2.75, 3.05) is 20.3 Å². The topological polar surface area (TPSA) is 30.5 Å². The van der Waals surface area contributed by atoms with Gasteiger partial charge in [-0.3, -0.25) is 0 Å². The second-order valence-electron chi connectivity index (χ2n) is 8.03. The molecule has 1 fully saturated rings. The molecule has 2 heterocycles. The summed E-state index contributed by atoms with van der Waals surface area (Å²) in [7, 11) is 1.78. The molecule has 2 aromatic rings. The molecule has 4 heteroatoms. The summed E-state index contributed by atoms with van der Waals surface area (Å²) in [6.45, 7) is 8.59. The highest BCUT2D eigenvalue weighted by atomic mass is 32.1. The summed E-state index contributed by atoms with van der Waals surface area (Å²) in [5, 5.41) is 5.89. The summed E-state index contributed by atoms with van der Waals surface area (Å²) in [5.41, 5.74) is 1.44. The van der Waals surface area contributed by atoms with Crippen LogP contribution in [0.1, 0.15) is 56.5 Å². The van der Waals surface area contributed by atoms with E-state index in [-0.39, 0.29) is 5.41 Å². The van der Waals surface area contributed by atoms with Crippen molar-refractivity contribution < 1.29 is 9.47 Å². The Balaban J connectivity index is 1.79. The maximum Gasteiger partial charge on any atom is 0.122 e. The molecular weight excluding hydrogens is 354 g/mol. The Kier molecular flexibility index (Phi) is 6.96. The van der Waals surface area contributed by atoms with Gasteiger partial charge >= 0.3 is 0 Å². The van der Waals surface area contributed by atoms with Crippen molar-refractivity contribution in [3.63, 3.8) is 0 Å². The molecular formula is C23H33NO2S. The predicted molar refractivity (Wildman–Crippen MR) is 114 cm³/mol. The molecule has 27 heavy (non-hydrogen) atoms. The summed E-state index contributed by atoms with van der Waals surface area (Å²) < 4.78 is 11.9. The number of thiophene rings is 1. The lowest BCUT2D eigenvalue weighted by molar-refractivity contribution is -0.0474. The van der Waals surface area contributed by atoms with Crippen molar-refractivity contribution in [2.24, 2.45) is 5.92 Å². The van der Waals surface area contributed by atoms with Crippen LogP contribution in [0.2, 0.25) is 0 Å². The summed E-state index contributed by atoms with van der Waals surface area (Å²) in [6.07, 6.45) is 3.50. The zero-order valence-corrected chi connectivity index (χ0v) is 17.9. The molecule has 1 saturated heterocycles. The molecule has 1 aliphatic heterocycles. The Morgan fingerprint density at radius 2 is 2.04 bits per heavy atom. The van der Waals surface area contributed by atoms with Crippen LogP contribution in [0, 0.1) is 5.92 Å². The second kappa shape index (κ2) is 9.22. The first-order chi connectivity index (χ1) is 13.1. The van der Waals surface area contributed by atoms with E-state index in [2.05, 4.69) is 67.9 Å². The average molecular weight is 388 g/mol. The number of rotatable bonds is 8. The van der Waals surface area contributed by atoms with E-state index >= 15 is 0 Å². The fraction of sp³-hybridized carbons (Fsp3) is 0.565. The first kappa shape index (κ1) is 20.4. The molecule has 1 aromatic heterocycles. The summed E-state index contributed by atoms with van der Waals surface area (Å²) in [4.78, 5) is 1.40. The maximum absolute atomic E-state index is 6.12. The van der Waals surface area contributed by atoms with Gasteiger partial charge in [0.2, 0.25) is 0 Å². The third-order valence-electron chi connectivity index (χ3n) is 5.95. The minimum Gasteiger partial charge on any atom is -0.496 e. The minimum absolute atomic E-state index is 0.0992. The average Bonchev–Trinajstić information content (AvgIpc) is 3.23. The van der Waals surface area contributed by atoms with E-state index in [1.807, 2.05) is 11.3 Å². The fourth-order valence-electron chi connectivity index (χ4n) is 4.24. The maximum atomic E-state index is 6.12. The summed E-state index contributed by atoms with van der Waals surface area (Å²) in [6, 6.07) is 13.3. The number of methoxy groups -OCH3 is 1.